The Balaban J connectivity index is 0.00000108. The van der Waals surface area contributed by atoms with Crippen molar-refractivity contribution in [2.45, 2.75) is 22.3 Å². The molecule has 4 N–H and O–H groups in total. The molecule has 7 rings (SSSR count). The predicted molar refractivity (Wildman–Crippen MR) is 184 cm³/mol. The van der Waals surface area contributed by atoms with Crippen molar-refractivity contribution in [3.05, 3.63) is 83.9 Å². The number of imide groups is 2. The van der Waals surface area contributed by atoms with Crippen molar-refractivity contribution >= 4 is 66.7 Å². The van der Waals surface area contributed by atoms with Crippen LogP contribution < -0.4 is 16.4 Å². The van der Waals surface area contributed by atoms with Gasteiger partial charge in [0.2, 0.25) is 0 Å². The number of hydrogen-bond acceptors (Lipinski definition) is 8. The third kappa shape index (κ3) is 4.92. The highest BCUT2D eigenvalue weighted by Gasteiger charge is 2.36. The molecule has 10 heteroatoms. The van der Waals surface area contributed by atoms with Crippen molar-refractivity contribution in [1.82, 2.24) is 25.3 Å². The molecule has 0 saturated heterocycles. The van der Waals surface area contributed by atoms with Crippen molar-refractivity contribution in [2.75, 3.05) is 40.8 Å². The number of nitrogens with one attached hydrogen (secondary N) is 2. The smallest absolute Gasteiger partial charge is 0.262 e. The molecule has 2 heterocycles. The lowest BCUT2D eigenvalue weighted by Gasteiger charge is -2.31. The van der Waals surface area contributed by atoms with E-state index < -0.39 is 0 Å². The van der Waals surface area contributed by atoms with Crippen LogP contribution >= 0.6 is 0 Å². The first-order valence-electron chi connectivity index (χ1n) is 13.5. The van der Waals surface area contributed by atoms with Crippen LogP contribution in [0.1, 0.15) is 63.7 Å². The van der Waals surface area contributed by atoms with E-state index >= 15 is 0 Å². The highest BCUT2D eigenvalue weighted by atomic mass is 16.2. The van der Waals surface area contributed by atoms with E-state index in [4.69, 9.17) is 5.73 Å². The predicted octanol–water partition coefficient (Wildman–Crippen LogP) is 5.17. The lowest BCUT2D eigenvalue weighted by molar-refractivity contribution is 0.0535. The molecule has 10 nitrogen and oxygen atoms in total. The van der Waals surface area contributed by atoms with Gasteiger partial charge in [-0.1, -0.05) is 46.5 Å². The standard InChI is InChI=1S/C30H26N6O4.C2H4.3CH4/c1-34(2)14-36-29(39)21-9-5-17-15-3-7-19-25-20(28(38)35(27(19)37)13-33-12-32-11-31)8-4-16(23(15)25)18-6-10-22(30(36)40)26(21)24(17)18;1-2;;;/h3-10,32-33H,11-14,31H2,1-2H3;1-2H2;3*1H4. The van der Waals surface area contributed by atoms with Gasteiger partial charge in [-0.15, -0.1) is 13.2 Å². The SMILES string of the molecule is C.C.C.C=C.CN(C)CN1C(=O)c2ccc3c4ccc5c6c(ccc(c7ccc(c2c37)C1=O)c64)C(=O)N(CNCNCN)C5=O. The minimum absolute atomic E-state index is 0. The van der Waals surface area contributed by atoms with E-state index in [1.165, 1.54) is 9.80 Å². The van der Waals surface area contributed by atoms with E-state index in [9.17, 15) is 19.2 Å². The van der Waals surface area contributed by atoms with Crippen molar-refractivity contribution in [3.8, 4) is 0 Å². The summed E-state index contributed by atoms with van der Waals surface area (Å²) in [6.45, 7) is 6.87. The molecule has 2 aliphatic heterocycles. The average molecular weight is 611 g/mol. The molecule has 0 saturated carbocycles. The molecule has 0 bridgehead atoms. The summed E-state index contributed by atoms with van der Waals surface area (Å²) in [5, 5.41) is 12.3. The van der Waals surface area contributed by atoms with Gasteiger partial charge in [-0.05, 0) is 70.7 Å². The van der Waals surface area contributed by atoms with Gasteiger partial charge >= 0.3 is 0 Å². The van der Waals surface area contributed by atoms with Crippen molar-refractivity contribution in [1.29, 1.82) is 0 Å². The third-order valence-electron chi connectivity index (χ3n) is 7.89. The second kappa shape index (κ2) is 13.1. The van der Waals surface area contributed by atoms with Gasteiger partial charge in [-0.2, -0.15) is 0 Å². The van der Waals surface area contributed by atoms with E-state index in [0.29, 0.717) is 39.7 Å². The van der Waals surface area contributed by atoms with Gasteiger partial charge in [0.15, 0.2) is 0 Å². The van der Waals surface area contributed by atoms with Crippen LogP contribution in [0, 0.1) is 0 Å². The normalized spacial score (nSPS) is 13.7. The van der Waals surface area contributed by atoms with E-state index in [-0.39, 0.29) is 65.9 Å². The first kappa shape index (κ1) is 34.7. The number of fused-ring (bicyclic) bond motifs is 2. The lowest BCUT2D eigenvalue weighted by Crippen LogP contribution is -2.47. The van der Waals surface area contributed by atoms with Gasteiger partial charge in [-0.3, -0.25) is 44.5 Å². The molecule has 0 spiro atoms. The van der Waals surface area contributed by atoms with Gasteiger partial charge in [-0.25, -0.2) is 0 Å². The highest BCUT2D eigenvalue weighted by molar-refractivity contribution is 6.41. The fourth-order valence-electron chi connectivity index (χ4n) is 6.25. The summed E-state index contributed by atoms with van der Waals surface area (Å²) in [6.07, 6.45) is 0. The molecule has 0 radical (unpaired) electrons. The first-order valence-corrected chi connectivity index (χ1v) is 13.5. The molecule has 0 fully saturated rings. The first-order chi connectivity index (χ1) is 20.3. The van der Waals surface area contributed by atoms with Gasteiger partial charge in [0.1, 0.15) is 0 Å². The Hall–Kier alpha value is -4.74. The van der Waals surface area contributed by atoms with Crippen LogP contribution in [0.3, 0.4) is 0 Å². The van der Waals surface area contributed by atoms with Gasteiger partial charge in [0, 0.05) is 46.4 Å². The third-order valence-corrected chi connectivity index (χ3v) is 7.89. The van der Waals surface area contributed by atoms with Crippen LogP contribution in [-0.2, 0) is 0 Å². The summed E-state index contributed by atoms with van der Waals surface area (Å²) in [5.41, 5.74) is 7.35. The molecule has 4 amide bonds. The molecular formula is C35H42N6O4. The quantitative estimate of drug-likeness (QED) is 0.0575. The van der Waals surface area contributed by atoms with Crippen LogP contribution in [0.25, 0.3) is 43.1 Å². The molecule has 0 aromatic heterocycles. The summed E-state index contributed by atoms with van der Waals surface area (Å²) in [6, 6.07) is 14.7. The van der Waals surface area contributed by atoms with Crippen LogP contribution in [0.4, 0.5) is 0 Å². The molecule has 0 atom stereocenters. The average Bonchev–Trinajstić information content (AvgIpc) is 3.00. The summed E-state index contributed by atoms with van der Waals surface area (Å²) < 4.78 is 0. The summed E-state index contributed by atoms with van der Waals surface area (Å²) >= 11 is 0. The Bertz CT molecular complexity index is 1850. The Labute approximate surface area is 263 Å². The van der Waals surface area contributed by atoms with Crippen LogP contribution in [-0.4, -0.2) is 79.1 Å². The number of amides is 4. The number of carbonyl (C=O) groups excluding carboxylic acids is 4. The van der Waals surface area contributed by atoms with E-state index in [0.717, 1.165) is 32.3 Å². The van der Waals surface area contributed by atoms with E-state index in [1.54, 1.807) is 29.2 Å². The van der Waals surface area contributed by atoms with Crippen LogP contribution in [0.2, 0.25) is 0 Å². The highest BCUT2D eigenvalue weighted by Crippen LogP contribution is 2.46. The molecular weight excluding hydrogens is 568 g/mol. The largest absolute Gasteiger partial charge is 0.318 e. The van der Waals surface area contributed by atoms with E-state index in [1.807, 2.05) is 38.4 Å². The number of benzene rings is 5. The Morgan fingerprint density at radius 3 is 1.29 bits per heavy atom. The number of nitrogens with zero attached hydrogens (tertiary/aromatic N) is 3. The maximum absolute atomic E-state index is 13.5. The van der Waals surface area contributed by atoms with Crippen LogP contribution in [0.5, 0.6) is 0 Å². The lowest BCUT2D eigenvalue weighted by atomic mass is 9.82. The van der Waals surface area contributed by atoms with E-state index in [2.05, 4.69) is 23.8 Å². The second-order valence-electron chi connectivity index (χ2n) is 10.5. The molecule has 236 valence electrons. The number of rotatable bonds is 7. The topological polar surface area (TPSA) is 128 Å². The zero-order valence-corrected chi connectivity index (χ0v) is 23.4. The van der Waals surface area contributed by atoms with Gasteiger partial charge in [0.05, 0.1) is 13.3 Å². The van der Waals surface area contributed by atoms with Crippen molar-refractivity contribution in [3.63, 3.8) is 0 Å². The van der Waals surface area contributed by atoms with Crippen molar-refractivity contribution in [2.24, 2.45) is 5.73 Å². The maximum atomic E-state index is 13.5. The Kier molecular flexibility index (Phi) is 10.1. The van der Waals surface area contributed by atoms with Crippen LogP contribution in [0.15, 0.2) is 61.7 Å². The second-order valence-corrected chi connectivity index (χ2v) is 10.5. The van der Waals surface area contributed by atoms with Gasteiger partial charge in [0.25, 0.3) is 23.6 Å². The number of nitrogens with two attached hydrogens (primary N) is 1. The fraction of sp³-hybridized carbons (Fsp3) is 0.257. The monoisotopic (exact) mass is 610 g/mol. The minimum atomic E-state index is -0.366. The summed E-state index contributed by atoms with van der Waals surface area (Å²) in [7, 11) is 3.63. The van der Waals surface area contributed by atoms with Gasteiger partial charge < -0.3 is 5.73 Å². The molecule has 0 unspecified atom stereocenters. The summed E-state index contributed by atoms with van der Waals surface area (Å²) in [4.78, 5) is 58.1. The summed E-state index contributed by atoms with van der Waals surface area (Å²) in [5.74, 6) is -1.38. The molecule has 45 heavy (non-hydrogen) atoms. The fourth-order valence-corrected chi connectivity index (χ4v) is 6.25. The zero-order valence-electron chi connectivity index (χ0n) is 23.4. The maximum Gasteiger partial charge on any atom is 0.262 e. The molecule has 2 aliphatic rings. The number of hydrogen-bond donors (Lipinski definition) is 3. The Morgan fingerprint density at radius 1 is 0.600 bits per heavy atom. The Morgan fingerprint density at radius 2 is 0.956 bits per heavy atom. The molecule has 0 aliphatic carbocycles. The molecule has 5 aromatic rings. The van der Waals surface area contributed by atoms with Crippen molar-refractivity contribution < 1.29 is 19.2 Å². The molecule has 5 aromatic carbocycles. The zero-order chi connectivity index (χ0) is 29.9. The number of carbonyl (C=O) groups is 4. The minimum Gasteiger partial charge on any atom is -0.318 e.